The molecule has 4 heteroatoms. The fraction of sp³-hybridized carbons (Fsp3) is 0.273. The molecule has 0 saturated carbocycles. The van der Waals surface area contributed by atoms with E-state index in [2.05, 4.69) is 58.0 Å². The van der Waals surface area contributed by atoms with Crippen LogP contribution in [0.4, 0.5) is 0 Å². The summed E-state index contributed by atoms with van der Waals surface area (Å²) in [7, 11) is -0.464. The first kappa shape index (κ1) is 15.9. The van der Waals surface area contributed by atoms with Gasteiger partial charge in [0, 0.05) is 16.2 Å². The van der Waals surface area contributed by atoms with Gasteiger partial charge < -0.3 is 13.7 Å². The van der Waals surface area contributed by atoms with Crippen LogP contribution in [-0.4, -0.2) is 18.3 Å². The Labute approximate surface area is 153 Å². The minimum Gasteiger partial charge on any atom is -0.456 e. The molecule has 0 unspecified atom stereocenters. The molecule has 0 spiro atoms. The van der Waals surface area contributed by atoms with Crippen molar-refractivity contribution in [1.82, 2.24) is 0 Å². The molecule has 4 aromatic rings. The minimum absolute atomic E-state index is 0.396. The van der Waals surface area contributed by atoms with Crippen LogP contribution in [0.2, 0.25) is 0 Å². The van der Waals surface area contributed by atoms with E-state index in [4.69, 9.17) is 13.7 Å². The van der Waals surface area contributed by atoms with Crippen molar-refractivity contribution in [3.63, 3.8) is 0 Å². The van der Waals surface area contributed by atoms with Crippen molar-refractivity contribution in [3.8, 4) is 0 Å². The highest BCUT2D eigenvalue weighted by molar-refractivity contribution is 6.68. The van der Waals surface area contributed by atoms with Gasteiger partial charge in [-0.1, -0.05) is 42.5 Å². The molecule has 0 radical (unpaired) electrons. The van der Waals surface area contributed by atoms with E-state index in [1.165, 1.54) is 0 Å². The van der Waals surface area contributed by atoms with Crippen molar-refractivity contribution in [3.05, 3.63) is 54.6 Å². The fourth-order valence-electron chi connectivity index (χ4n) is 3.75. The van der Waals surface area contributed by atoms with Crippen LogP contribution in [0.1, 0.15) is 27.7 Å². The maximum absolute atomic E-state index is 6.38. The van der Waals surface area contributed by atoms with Gasteiger partial charge >= 0.3 is 7.12 Å². The third-order valence-electron chi connectivity index (χ3n) is 5.92. The fourth-order valence-corrected chi connectivity index (χ4v) is 3.75. The molecule has 3 nitrogen and oxygen atoms in total. The van der Waals surface area contributed by atoms with Crippen LogP contribution < -0.4 is 5.46 Å². The first-order valence-corrected chi connectivity index (χ1v) is 9.06. The second-order valence-corrected chi connectivity index (χ2v) is 8.07. The summed E-state index contributed by atoms with van der Waals surface area (Å²) in [5.74, 6) is 0. The predicted octanol–water partition coefficient (Wildman–Crippen LogP) is 5.04. The summed E-state index contributed by atoms with van der Waals surface area (Å²) in [5, 5.41) is 4.49. The van der Waals surface area contributed by atoms with Gasteiger partial charge in [0.1, 0.15) is 11.2 Å². The van der Waals surface area contributed by atoms with Crippen LogP contribution in [0.25, 0.3) is 32.7 Å². The lowest BCUT2D eigenvalue weighted by Gasteiger charge is -2.32. The summed E-state index contributed by atoms with van der Waals surface area (Å²) >= 11 is 0. The molecule has 1 aromatic heterocycles. The van der Waals surface area contributed by atoms with Crippen molar-refractivity contribution in [1.29, 1.82) is 0 Å². The molecule has 0 aliphatic carbocycles. The molecule has 26 heavy (non-hydrogen) atoms. The van der Waals surface area contributed by atoms with Gasteiger partial charge in [0.05, 0.1) is 11.2 Å². The average molecular weight is 344 g/mol. The number of fused-ring (bicyclic) bond motifs is 4. The molecule has 0 amide bonds. The molecule has 0 N–H and O–H groups in total. The van der Waals surface area contributed by atoms with Crippen molar-refractivity contribution in [2.45, 2.75) is 38.9 Å². The molecule has 1 saturated heterocycles. The smallest absolute Gasteiger partial charge is 0.456 e. The highest BCUT2D eigenvalue weighted by Gasteiger charge is 2.53. The van der Waals surface area contributed by atoms with E-state index in [1.54, 1.807) is 0 Å². The number of rotatable bonds is 1. The zero-order chi connectivity index (χ0) is 18.1. The van der Waals surface area contributed by atoms with Crippen LogP contribution in [0.5, 0.6) is 0 Å². The Kier molecular flexibility index (Phi) is 3.14. The van der Waals surface area contributed by atoms with Gasteiger partial charge in [-0.15, -0.1) is 0 Å². The summed E-state index contributed by atoms with van der Waals surface area (Å²) in [6.07, 6.45) is 0. The van der Waals surface area contributed by atoms with Crippen molar-refractivity contribution in [2.75, 3.05) is 0 Å². The molecule has 1 fully saturated rings. The van der Waals surface area contributed by atoms with E-state index in [0.717, 1.165) is 38.2 Å². The molecule has 1 aliphatic heterocycles. The standard InChI is InChI=1S/C22H21BO3/c1-21(2)22(3,4)26-23(25-21)19-15-10-6-5-9-14(15)13-17-16-11-7-8-12-18(16)24-20(17)19/h5-13H,1-4H3. The third-order valence-corrected chi connectivity index (χ3v) is 5.92. The average Bonchev–Trinajstić information content (AvgIpc) is 3.06. The Hall–Kier alpha value is -2.30. The quantitative estimate of drug-likeness (QED) is 0.454. The number of benzene rings is 3. The van der Waals surface area contributed by atoms with E-state index < -0.39 is 18.3 Å². The molecule has 2 heterocycles. The monoisotopic (exact) mass is 344 g/mol. The molecular weight excluding hydrogens is 323 g/mol. The maximum atomic E-state index is 6.38. The minimum atomic E-state index is -0.464. The third kappa shape index (κ3) is 2.09. The van der Waals surface area contributed by atoms with Crippen LogP contribution >= 0.6 is 0 Å². The normalized spacial score (nSPS) is 19.0. The van der Waals surface area contributed by atoms with E-state index in [0.29, 0.717) is 0 Å². The van der Waals surface area contributed by atoms with Gasteiger partial charge in [-0.2, -0.15) is 0 Å². The van der Waals surface area contributed by atoms with Crippen LogP contribution in [0.3, 0.4) is 0 Å². The van der Waals surface area contributed by atoms with Gasteiger partial charge in [-0.25, -0.2) is 0 Å². The Morgan fingerprint density at radius 2 is 1.35 bits per heavy atom. The largest absolute Gasteiger partial charge is 0.499 e. The van der Waals surface area contributed by atoms with Crippen molar-refractivity contribution in [2.24, 2.45) is 0 Å². The zero-order valence-corrected chi connectivity index (χ0v) is 15.5. The predicted molar refractivity (Wildman–Crippen MR) is 107 cm³/mol. The second kappa shape index (κ2) is 5.12. The maximum Gasteiger partial charge on any atom is 0.499 e. The Morgan fingerprint density at radius 3 is 2.08 bits per heavy atom. The first-order chi connectivity index (χ1) is 12.4. The highest BCUT2D eigenvalue weighted by atomic mass is 16.7. The highest BCUT2D eigenvalue weighted by Crippen LogP contribution is 2.39. The molecule has 0 atom stereocenters. The molecule has 1 aliphatic rings. The topological polar surface area (TPSA) is 31.6 Å². The number of hydrogen-bond donors (Lipinski definition) is 0. The summed E-state index contributed by atoms with van der Waals surface area (Å²) in [5.41, 5.74) is 1.92. The zero-order valence-electron chi connectivity index (χ0n) is 15.5. The number of para-hydroxylation sites is 1. The lowest BCUT2D eigenvalue weighted by Crippen LogP contribution is -2.41. The van der Waals surface area contributed by atoms with Crippen molar-refractivity contribution < 1.29 is 13.7 Å². The van der Waals surface area contributed by atoms with Crippen LogP contribution in [0, 0.1) is 0 Å². The van der Waals surface area contributed by atoms with Crippen LogP contribution in [-0.2, 0) is 9.31 Å². The SMILES string of the molecule is CC1(C)OB(c2c3ccccc3cc3c2oc2ccccc23)OC1(C)C. The first-order valence-electron chi connectivity index (χ1n) is 9.06. The van der Waals surface area contributed by atoms with Gasteiger partial charge in [-0.3, -0.25) is 0 Å². The Morgan fingerprint density at radius 1 is 0.731 bits per heavy atom. The lowest BCUT2D eigenvalue weighted by molar-refractivity contribution is 0.00578. The Balaban J connectivity index is 1.87. The molecule has 3 aromatic carbocycles. The summed E-state index contributed by atoms with van der Waals surface area (Å²) < 4.78 is 19.0. The molecule has 5 rings (SSSR count). The second-order valence-electron chi connectivity index (χ2n) is 8.07. The summed E-state index contributed by atoms with van der Waals surface area (Å²) in [6.45, 7) is 8.31. The summed E-state index contributed by atoms with van der Waals surface area (Å²) in [6, 6.07) is 18.7. The summed E-state index contributed by atoms with van der Waals surface area (Å²) in [4.78, 5) is 0. The molecule has 0 bridgehead atoms. The van der Waals surface area contributed by atoms with E-state index in [-0.39, 0.29) is 0 Å². The Bertz CT molecular complexity index is 1140. The van der Waals surface area contributed by atoms with E-state index in [1.807, 2.05) is 24.3 Å². The number of hydrogen-bond acceptors (Lipinski definition) is 3. The van der Waals surface area contributed by atoms with Gasteiger partial charge in [0.2, 0.25) is 0 Å². The van der Waals surface area contributed by atoms with E-state index in [9.17, 15) is 0 Å². The number of furan rings is 1. The van der Waals surface area contributed by atoms with Crippen molar-refractivity contribution >= 4 is 45.3 Å². The molecule has 130 valence electrons. The van der Waals surface area contributed by atoms with Gasteiger partial charge in [0.15, 0.2) is 0 Å². The van der Waals surface area contributed by atoms with Gasteiger partial charge in [0.25, 0.3) is 0 Å². The van der Waals surface area contributed by atoms with E-state index >= 15 is 0 Å². The van der Waals surface area contributed by atoms with Crippen LogP contribution in [0.15, 0.2) is 59.0 Å². The lowest BCUT2D eigenvalue weighted by atomic mass is 9.75. The molecular formula is C22H21BO3. The van der Waals surface area contributed by atoms with Gasteiger partial charge in [-0.05, 0) is 50.6 Å².